The highest BCUT2D eigenvalue weighted by Gasteiger charge is 2.44. The molecule has 5 nitrogen and oxygen atoms in total. The third-order valence-electron chi connectivity index (χ3n) is 2.74. The van der Waals surface area contributed by atoms with Crippen molar-refractivity contribution in [3.05, 3.63) is 24.0 Å². The normalized spacial score (nSPS) is 15.5. The monoisotopic (exact) mass is 276 g/mol. The largest absolute Gasteiger partial charge is 0.469 e. The van der Waals surface area contributed by atoms with Gasteiger partial charge in [-0.15, -0.1) is 0 Å². The fraction of sp³-hybridized carbons (Fsp3) is 0.455. The molecule has 0 saturated carbocycles. The van der Waals surface area contributed by atoms with Gasteiger partial charge in [0.25, 0.3) is 0 Å². The molecule has 2 unspecified atom stereocenters. The third kappa shape index (κ3) is 2.62. The molecule has 0 aliphatic rings. The highest BCUT2D eigenvalue weighted by atomic mass is 19.4. The van der Waals surface area contributed by atoms with Crippen molar-refractivity contribution in [2.24, 2.45) is 0 Å². The van der Waals surface area contributed by atoms with Gasteiger partial charge in [-0.2, -0.15) is 18.2 Å². The number of hydrogen-bond acceptors (Lipinski definition) is 5. The van der Waals surface area contributed by atoms with Crippen LogP contribution in [0, 0.1) is 6.92 Å². The second-order valence-electron chi connectivity index (χ2n) is 4.12. The van der Waals surface area contributed by atoms with Crippen molar-refractivity contribution in [1.82, 2.24) is 10.1 Å². The van der Waals surface area contributed by atoms with Gasteiger partial charge in [0.1, 0.15) is 5.76 Å². The van der Waals surface area contributed by atoms with Crippen molar-refractivity contribution < 1.29 is 27.2 Å². The van der Waals surface area contributed by atoms with Gasteiger partial charge in [0.05, 0.1) is 17.7 Å². The molecule has 0 aliphatic carbocycles. The van der Waals surface area contributed by atoms with Crippen LogP contribution in [-0.2, 0) is 0 Å². The lowest BCUT2D eigenvalue weighted by atomic mass is 10.0. The summed E-state index contributed by atoms with van der Waals surface area (Å²) in [6.07, 6.45) is -5.87. The molecule has 0 aliphatic heterocycles. The number of furan rings is 1. The Kier molecular flexibility index (Phi) is 3.36. The molecule has 2 rings (SSSR count). The van der Waals surface area contributed by atoms with Gasteiger partial charge in [-0.05, 0) is 13.0 Å². The maximum Gasteiger partial charge on any atom is 0.415 e. The molecule has 104 valence electrons. The summed E-state index contributed by atoms with van der Waals surface area (Å²) < 4.78 is 46.9. The van der Waals surface area contributed by atoms with Gasteiger partial charge in [0, 0.05) is 0 Å². The van der Waals surface area contributed by atoms with Crippen molar-refractivity contribution >= 4 is 0 Å². The number of rotatable bonds is 3. The average Bonchev–Trinajstić information content (AvgIpc) is 2.93. The molecule has 0 amide bonds. The van der Waals surface area contributed by atoms with Crippen molar-refractivity contribution in [2.75, 3.05) is 0 Å². The van der Waals surface area contributed by atoms with Gasteiger partial charge >= 0.3 is 6.18 Å². The number of halogens is 3. The van der Waals surface area contributed by atoms with Crippen LogP contribution in [0.15, 0.2) is 21.3 Å². The quantitative estimate of drug-likeness (QED) is 0.933. The lowest BCUT2D eigenvalue weighted by molar-refractivity contribution is -0.210. The minimum Gasteiger partial charge on any atom is -0.469 e. The summed E-state index contributed by atoms with van der Waals surface area (Å²) in [5, 5.41) is 12.7. The zero-order valence-corrected chi connectivity index (χ0v) is 10.1. The van der Waals surface area contributed by atoms with Crippen molar-refractivity contribution in [3.8, 4) is 11.4 Å². The van der Waals surface area contributed by atoms with Gasteiger partial charge in [-0.25, -0.2) is 0 Å². The summed E-state index contributed by atoms with van der Waals surface area (Å²) in [6.45, 7) is 2.83. The molecule has 2 atom stereocenters. The van der Waals surface area contributed by atoms with E-state index in [9.17, 15) is 13.2 Å². The van der Waals surface area contributed by atoms with E-state index in [0.29, 0.717) is 11.3 Å². The summed E-state index contributed by atoms with van der Waals surface area (Å²) in [7, 11) is 0. The van der Waals surface area contributed by atoms with Crippen LogP contribution in [0.4, 0.5) is 13.2 Å². The molecule has 0 aromatic carbocycles. The summed E-state index contributed by atoms with van der Waals surface area (Å²) in [5.74, 6) is -0.965. The SMILES string of the molecule is Cc1occc1-c1noc(C(C)C(O)C(F)(F)F)n1. The molecule has 0 radical (unpaired) electrons. The molecule has 8 heteroatoms. The van der Waals surface area contributed by atoms with Gasteiger partial charge < -0.3 is 14.0 Å². The van der Waals surface area contributed by atoms with E-state index < -0.39 is 18.2 Å². The lowest BCUT2D eigenvalue weighted by Gasteiger charge is -2.17. The number of alkyl halides is 3. The van der Waals surface area contributed by atoms with Crippen LogP contribution in [0.5, 0.6) is 0 Å². The Morgan fingerprint density at radius 1 is 1.37 bits per heavy atom. The van der Waals surface area contributed by atoms with Gasteiger partial charge in [-0.1, -0.05) is 12.1 Å². The number of aliphatic hydroxyl groups is 1. The fourth-order valence-corrected chi connectivity index (χ4v) is 1.57. The first kappa shape index (κ1) is 13.6. The number of aliphatic hydroxyl groups excluding tert-OH is 1. The van der Waals surface area contributed by atoms with Crippen LogP contribution in [0.25, 0.3) is 11.4 Å². The number of hydrogen-bond donors (Lipinski definition) is 1. The predicted octanol–water partition coefficient (Wildman–Crippen LogP) is 2.66. The van der Waals surface area contributed by atoms with Crippen LogP contribution in [-0.4, -0.2) is 27.5 Å². The van der Waals surface area contributed by atoms with Crippen molar-refractivity contribution in [3.63, 3.8) is 0 Å². The minimum atomic E-state index is -4.74. The summed E-state index contributed by atoms with van der Waals surface area (Å²) in [4.78, 5) is 3.85. The highest BCUT2D eigenvalue weighted by molar-refractivity contribution is 5.56. The Labute approximate surface area is 106 Å². The van der Waals surface area contributed by atoms with E-state index in [4.69, 9.17) is 14.0 Å². The maximum absolute atomic E-state index is 12.4. The Balaban J connectivity index is 2.25. The molecular weight excluding hydrogens is 265 g/mol. The topological polar surface area (TPSA) is 72.3 Å². The smallest absolute Gasteiger partial charge is 0.415 e. The Morgan fingerprint density at radius 3 is 2.58 bits per heavy atom. The molecule has 0 fully saturated rings. The van der Waals surface area contributed by atoms with Crippen LogP contribution in [0.2, 0.25) is 0 Å². The predicted molar refractivity (Wildman–Crippen MR) is 57.2 cm³/mol. The molecule has 0 bridgehead atoms. The Morgan fingerprint density at radius 2 is 2.05 bits per heavy atom. The van der Waals surface area contributed by atoms with E-state index in [-0.39, 0.29) is 11.7 Å². The third-order valence-corrected chi connectivity index (χ3v) is 2.74. The molecule has 0 saturated heterocycles. The molecule has 0 spiro atoms. The zero-order chi connectivity index (χ0) is 14.2. The van der Waals surface area contributed by atoms with E-state index >= 15 is 0 Å². The van der Waals surface area contributed by atoms with Gasteiger partial charge in [0.15, 0.2) is 6.10 Å². The van der Waals surface area contributed by atoms with Crippen molar-refractivity contribution in [2.45, 2.75) is 32.0 Å². The first-order chi connectivity index (χ1) is 8.80. The first-order valence-electron chi connectivity index (χ1n) is 5.43. The second-order valence-corrected chi connectivity index (χ2v) is 4.12. The maximum atomic E-state index is 12.4. The number of aromatic nitrogens is 2. The Hall–Kier alpha value is -1.83. The molecule has 2 heterocycles. The minimum absolute atomic E-state index is 0.127. The first-order valence-corrected chi connectivity index (χ1v) is 5.43. The average molecular weight is 276 g/mol. The highest BCUT2D eigenvalue weighted by Crippen LogP contribution is 2.32. The van der Waals surface area contributed by atoms with E-state index in [1.54, 1.807) is 13.0 Å². The van der Waals surface area contributed by atoms with Gasteiger partial charge in [-0.3, -0.25) is 0 Å². The van der Waals surface area contributed by atoms with Crippen LogP contribution < -0.4 is 0 Å². The van der Waals surface area contributed by atoms with Crippen LogP contribution in [0.1, 0.15) is 24.5 Å². The molecular formula is C11H11F3N2O3. The summed E-state index contributed by atoms with van der Waals surface area (Å²) >= 11 is 0. The standard InChI is InChI=1S/C11H11F3N2O3/c1-5(8(17)11(12,13)14)10-15-9(16-19-10)7-3-4-18-6(7)2/h3-5,8,17H,1-2H3. The van der Waals surface area contributed by atoms with Crippen molar-refractivity contribution in [1.29, 1.82) is 0 Å². The van der Waals surface area contributed by atoms with Gasteiger partial charge in [0.2, 0.25) is 11.7 Å². The lowest BCUT2D eigenvalue weighted by Crippen LogP contribution is -2.33. The molecule has 2 aromatic heterocycles. The van der Waals surface area contributed by atoms with E-state index in [0.717, 1.165) is 6.92 Å². The van der Waals surface area contributed by atoms with E-state index in [1.165, 1.54) is 6.26 Å². The Bertz CT molecular complexity index is 562. The van der Waals surface area contributed by atoms with Crippen LogP contribution in [0.3, 0.4) is 0 Å². The number of nitrogens with zero attached hydrogens (tertiary/aromatic N) is 2. The fourth-order valence-electron chi connectivity index (χ4n) is 1.57. The molecule has 2 aromatic rings. The zero-order valence-electron chi connectivity index (χ0n) is 10.1. The summed E-state index contributed by atoms with van der Waals surface area (Å²) in [5.41, 5.74) is 0.531. The van der Waals surface area contributed by atoms with Crippen LogP contribution >= 0.6 is 0 Å². The van der Waals surface area contributed by atoms with E-state index in [1.807, 2.05) is 0 Å². The molecule has 1 N–H and O–H groups in total. The van der Waals surface area contributed by atoms with E-state index in [2.05, 4.69) is 10.1 Å². The summed E-state index contributed by atoms with van der Waals surface area (Å²) in [6, 6.07) is 1.58. The second kappa shape index (κ2) is 4.69. The molecule has 19 heavy (non-hydrogen) atoms. The number of aryl methyl sites for hydroxylation is 1.